The Morgan fingerprint density at radius 2 is 2.00 bits per heavy atom. The standard InChI is InChI=1S/C9H9BrO3/c1-13-8(9(11)12)6-2-4-7(10)5-3-6/h2-5,8H,1H3,(H,11,12)/t8-/m1/s1. The third-order valence-corrected chi connectivity index (χ3v) is 2.16. The van der Waals surface area contributed by atoms with Crippen LogP contribution in [-0.2, 0) is 9.53 Å². The lowest BCUT2D eigenvalue weighted by Crippen LogP contribution is -2.13. The molecule has 0 aliphatic rings. The van der Waals surface area contributed by atoms with E-state index in [0.29, 0.717) is 5.56 Å². The monoisotopic (exact) mass is 244 g/mol. The van der Waals surface area contributed by atoms with Gasteiger partial charge < -0.3 is 9.84 Å². The summed E-state index contributed by atoms with van der Waals surface area (Å²) >= 11 is 3.27. The topological polar surface area (TPSA) is 46.5 Å². The maximum atomic E-state index is 10.7. The summed E-state index contributed by atoms with van der Waals surface area (Å²) in [5, 5.41) is 8.76. The summed E-state index contributed by atoms with van der Waals surface area (Å²) in [6.45, 7) is 0. The number of methoxy groups -OCH3 is 1. The van der Waals surface area contributed by atoms with Crippen LogP contribution in [0.15, 0.2) is 28.7 Å². The van der Waals surface area contributed by atoms with Gasteiger partial charge in [-0.2, -0.15) is 0 Å². The maximum absolute atomic E-state index is 10.7. The quantitative estimate of drug-likeness (QED) is 0.888. The SMILES string of the molecule is CO[C@@H](C(=O)O)c1ccc(Br)cc1. The van der Waals surface area contributed by atoms with Gasteiger partial charge in [-0.05, 0) is 17.7 Å². The van der Waals surface area contributed by atoms with Gasteiger partial charge in [0.15, 0.2) is 6.10 Å². The van der Waals surface area contributed by atoms with Gasteiger partial charge in [-0.1, -0.05) is 28.1 Å². The Kier molecular flexibility index (Phi) is 3.45. The molecule has 1 N–H and O–H groups in total. The molecule has 0 heterocycles. The lowest BCUT2D eigenvalue weighted by atomic mass is 10.1. The second-order valence-corrected chi connectivity index (χ2v) is 3.42. The Labute approximate surface area is 84.5 Å². The second kappa shape index (κ2) is 4.39. The van der Waals surface area contributed by atoms with E-state index in [1.807, 2.05) is 0 Å². The summed E-state index contributed by atoms with van der Waals surface area (Å²) in [5.74, 6) is -0.982. The molecule has 0 aromatic heterocycles. The molecule has 0 saturated heterocycles. The molecule has 13 heavy (non-hydrogen) atoms. The molecule has 0 aliphatic heterocycles. The number of carboxylic acid groups (broad SMARTS) is 1. The molecule has 1 aromatic carbocycles. The van der Waals surface area contributed by atoms with Crippen LogP contribution >= 0.6 is 15.9 Å². The number of benzene rings is 1. The van der Waals surface area contributed by atoms with Crippen LogP contribution in [0, 0.1) is 0 Å². The number of ether oxygens (including phenoxy) is 1. The number of hydrogen-bond acceptors (Lipinski definition) is 2. The van der Waals surface area contributed by atoms with Crippen molar-refractivity contribution in [2.24, 2.45) is 0 Å². The predicted octanol–water partition coefficient (Wildman–Crippen LogP) is 2.22. The summed E-state index contributed by atoms with van der Waals surface area (Å²) < 4.78 is 5.74. The van der Waals surface area contributed by atoms with Gasteiger partial charge in [0.1, 0.15) is 0 Å². The van der Waals surface area contributed by atoms with Crippen molar-refractivity contribution in [3.8, 4) is 0 Å². The zero-order valence-electron chi connectivity index (χ0n) is 7.03. The Balaban J connectivity index is 2.92. The largest absolute Gasteiger partial charge is 0.479 e. The molecule has 0 fully saturated rings. The van der Waals surface area contributed by atoms with Gasteiger partial charge in [0, 0.05) is 11.6 Å². The molecule has 0 unspecified atom stereocenters. The lowest BCUT2D eigenvalue weighted by molar-refractivity contribution is -0.148. The average Bonchev–Trinajstić information content (AvgIpc) is 2.09. The first-order valence-corrected chi connectivity index (χ1v) is 4.45. The van der Waals surface area contributed by atoms with Gasteiger partial charge in [-0.25, -0.2) is 4.79 Å². The molecular weight excluding hydrogens is 236 g/mol. The Bertz CT molecular complexity index is 294. The van der Waals surface area contributed by atoms with Crippen LogP contribution in [0.1, 0.15) is 11.7 Å². The van der Waals surface area contributed by atoms with Gasteiger partial charge in [0.25, 0.3) is 0 Å². The van der Waals surface area contributed by atoms with E-state index < -0.39 is 12.1 Å². The van der Waals surface area contributed by atoms with Gasteiger partial charge in [-0.15, -0.1) is 0 Å². The first-order valence-electron chi connectivity index (χ1n) is 3.66. The van der Waals surface area contributed by atoms with Crippen molar-refractivity contribution >= 4 is 21.9 Å². The number of carboxylic acids is 1. The van der Waals surface area contributed by atoms with Crippen LogP contribution in [0.4, 0.5) is 0 Å². The number of aliphatic carboxylic acids is 1. The zero-order valence-corrected chi connectivity index (χ0v) is 8.61. The van der Waals surface area contributed by atoms with E-state index >= 15 is 0 Å². The van der Waals surface area contributed by atoms with Crippen molar-refractivity contribution in [2.45, 2.75) is 6.10 Å². The minimum absolute atomic E-state index is 0.637. The minimum atomic E-state index is -0.982. The maximum Gasteiger partial charge on any atom is 0.337 e. The fraction of sp³-hybridized carbons (Fsp3) is 0.222. The van der Waals surface area contributed by atoms with Crippen molar-refractivity contribution in [3.05, 3.63) is 34.3 Å². The number of carbonyl (C=O) groups is 1. The molecule has 1 aromatic rings. The average molecular weight is 245 g/mol. The molecule has 1 rings (SSSR count). The highest BCUT2D eigenvalue weighted by Crippen LogP contribution is 2.19. The van der Waals surface area contributed by atoms with E-state index in [1.165, 1.54) is 7.11 Å². The van der Waals surface area contributed by atoms with Crippen molar-refractivity contribution in [1.82, 2.24) is 0 Å². The molecule has 0 aliphatic carbocycles. The minimum Gasteiger partial charge on any atom is -0.479 e. The molecule has 0 radical (unpaired) electrons. The lowest BCUT2D eigenvalue weighted by Gasteiger charge is -2.09. The zero-order chi connectivity index (χ0) is 9.84. The third-order valence-electron chi connectivity index (χ3n) is 1.63. The van der Waals surface area contributed by atoms with Crippen LogP contribution in [0.5, 0.6) is 0 Å². The highest BCUT2D eigenvalue weighted by atomic mass is 79.9. The van der Waals surface area contributed by atoms with Crippen molar-refractivity contribution in [3.63, 3.8) is 0 Å². The molecule has 0 bridgehead atoms. The summed E-state index contributed by atoms with van der Waals surface area (Å²) in [5.41, 5.74) is 0.637. The molecule has 0 spiro atoms. The number of hydrogen-bond donors (Lipinski definition) is 1. The molecule has 0 saturated carbocycles. The van der Waals surface area contributed by atoms with Crippen molar-refractivity contribution in [1.29, 1.82) is 0 Å². The van der Waals surface area contributed by atoms with Crippen LogP contribution in [0.25, 0.3) is 0 Å². The summed E-state index contributed by atoms with van der Waals surface area (Å²) in [7, 11) is 1.38. The summed E-state index contributed by atoms with van der Waals surface area (Å²) in [4.78, 5) is 10.7. The molecule has 0 amide bonds. The highest BCUT2D eigenvalue weighted by Gasteiger charge is 2.17. The normalized spacial score (nSPS) is 12.5. The molecule has 4 heteroatoms. The first-order chi connectivity index (χ1) is 6.15. The summed E-state index contributed by atoms with van der Waals surface area (Å²) in [6.07, 6.45) is -0.881. The van der Waals surface area contributed by atoms with Crippen LogP contribution in [0.2, 0.25) is 0 Å². The van der Waals surface area contributed by atoms with Crippen molar-refractivity contribution < 1.29 is 14.6 Å². The second-order valence-electron chi connectivity index (χ2n) is 2.51. The number of rotatable bonds is 3. The van der Waals surface area contributed by atoms with Gasteiger partial charge >= 0.3 is 5.97 Å². The van der Waals surface area contributed by atoms with Crippen LogP contribution in [-0.4, -0.2) is 18.2 Å². The fourth-order valence-electron chi connectivity index (χ4n) is 1.02. The fourth-order valence-corrected chi connectivity index (χ4v) is 1.28. The third kappa shape index (κ3) is 2.54. The number of halogens is 1. The van der Waals surface area contributed by atoms with E-state index in [1.54, 1.807) is 24.3 Å². The van der Waals surface area contributed by atoms with Crippen LogP contribution < -0.4 is 0 Å². The smallest absolute Gasteiger partial charge is 0.337 e. The van der Waals surface area contributed by atoms with E-state index in [-0.39, 0.29) is 0 Å². The molecule has 70 valence electrons. The Morgan fingerprint density at radius 1 is 1.46 bits per heavy atom. The van der Waals surface area contributed by atoms with E-state index in [0.717, 1.165) is 4.47 Å². The Morgan fingerprint density at radius 3 is 2.38 bits per heavy atom. The first kappa shape index (κ1) is 10.2. The molecule has 1 atom stereocenters. The predicted molar refractivity (Wildman–Crippen MR) is 51.5 cm³/mol. The van der Waals surface area contributed by atoms with E-state index in [4.69, 9.17) is 9.84 Å². The molecule has 3 nitrogen and oxygen atoms in total. The van der Waals surface area contributed by atoms with Crippen LogP contribution in [0.3, 0.4) is 0 Å². The van der Waals surface area contributed by atoms with E-state index in [2.05, 4.69) is 15.9 Å². The van der Waals surface area contributed by atoms with Gasteiger partial charge in [-0.3, -0.25) is 0 Å². The van der Waals surface area contributed by atoms with Gasteiger partial charge in [0.2, 0.25) is 0 Å². The summed E-state index contributed by atoms with van der Waals surface area (Å²) in [6, 6.07) is 6.99. The highest BCUT2D eigenvalue weighted by molar-refractivity contribution is 9.10. The molecular formula is C9H9BrO3. The van der Waals surface area contributed by atoms with E-state index in [9.17, 15) is 4.79 Å². The van der Waals surface area contributed by atoms with Crippen molar-refractivity contribution in [2.75, 3.05) is 7.11 Å². The van der Waals surface area contributed by atoms with Gasteiger partial charge in [0.05, 0.1) is 0 Å². The Hall–Kier alpha value is -0.870.